The number of phenolic OH excluding ortho intramolecular Hbond substituents is 1. The quantitative estimate of drug-likeness (QED) is 0.827. The molecule has 0 amide bonds. The number of hydrogen-bond donors (Lipinski definition) is 2. The van der Waals surface area contributed by atoms with Crippen molar-refractivity contribution in [3.05, 3.63) is 53.7 Å². The molecule has 1 aromatic carbocycles. The van der Waals surface area contributed by atoms with Crippen molar-refractivity contribution in [2.45, 2.75) is 18.9 Å². The van der Waals surface area contributed by atoms with E-state index in [1.807, 2.05) is 24.3 Å². The average Bonchev–Trinajstić information content (AvgIpc) is 2.76. The minimum absolute atomic E-state index is 0.256. The number of hydrogen-bond acceptors (Lipinski definition) is 3. The zero-order valence-electron chi connectivity index (χ0n) is 9.43. The van der Waals surface area contributed by atoms with Gasteiger partial charge in [0.1, 0.15) is 11.6 Å². The van der Waals surface area contributed by atoms with Gasteiger partial charge < -0.3 is 10.4 Å². The van der Waals surface area contributed by atoms with Gasteiger partial charge in [0.15, 0.2) is 0 Å². The van der Waals surface area contributed by atoms with Gasteiger partial charge in [0, 0.05) is 6.20 Å². The number of rotatable bonds is 2. The SMILES string of the molecule is Oc1cccc2c1CCC2Nc1ccccn1. The number of benzene rings is 1. The van der Waals surface area contributed by atoms with E-state index in [1.165, 1.54) is 5.56 Å². The molecule has 1 aromatic heterocycles. The maximum absolute atomic E-state index is 9.77. The molecule has 2 N–H and O–H groups in total. The number of aromatic nitrogens is 1. The Morgan fingerprint density at radius 2 is 2.12 bits per heavy atom. The minimum Gasteiger partial charge on any atom is -0.508 e. The van der Waals surface area contributed by atoms with Gasteiger partial charge in [-0.3, -0.25) is 0 Å². The van der Waals surface area contributed by atoms with E-state index in [0.29, 0.717) is 5.75 Å². The highest BCUT2D eigenvalue weighted by atomic mass is 16.3. The number of nitrogens with one attached hydrogen (secondary N) is 1. The molecule has 1 atom stereocenters. The van der Waals surface area contributed by atoms with Crippen molar-refractivity contribution in [1.29, 1.82) is 0 Å². The summed E-state index contributed by atoms with van der Waals surface area (Å²) in [5, 5.41) is 13.2. The lowest BCUT2D eigenvalue weighted by Crippen LogP contribution is -2.07. The Hall–Kier alpha value is -2.03. The van der Waals surface area contributed by atoms with E-state index < -0.39 is 0 Å². The number of fused-ring (bicyclic) bond motifs is 1. The van der Waals surface area contributed by atoms with E-state index in [4.69, 9.17) is 0 Å². The molecule has 3 nitrogen and oxygen atoms in total. The second-order valence-corrected chi connectivity index (χ2v) is 4.30. The van der Waals surface area contributed by atoms with Crippen LogP contribution in [0.1, 0.15) is 23.6 Å². The molecule has 0 spiro atoms. The van der Waals surface area contributed by atoms with Crippen LogP contribution in [-0.2, 0) is 6.42 Å². The molecule has 1 aliphatic carbocycles. The fourth-order valence-electron chi connectivity index (χ4n) is 2.41. The molecular weight excluding hydrogens is 212 g/mol. The first kappa shape index (κ1) is 10.1. The number of pyridine rings is 1. The zero-order valence-corrected chi connectivity index (χ0v) is 9.43. The van der Waals surface area contributed by atoms with E-state index in [2.05, 4.69) is 16.4 Å². The van der Waals surface area contributed by atoms with Crippen LogP contribution < -0.4 is 5.32 Å². The molecule has 1 unspecified atom stereocenters. The second-order valence-electron chi connectivity index (χ2n) is 4.30. The summed E-state index contributed by atoms with van der Waals surface area (Å²) in [4.78, 5) is 4.26. The molecule has 1 aliphatic rings. The summed E-state index contributed by atoms with van der Waals surface area (Å²) in [6.45, 7) is 0. The Morgan fingerprint density at radius 1 is 1.18 bits per heavy atom. The van der Waals surface area contributed by atoms with E-state index in [1.54, 1.807) is 12.3 Å². The summed E-state index contributed by atoms with van der Waals surface area (Å²) in [6, 6.07) is 11.8. The highest BCUT2D eigenvalue weighted by Gasteiger charge is 2.24. The van der Waals surface area contributed by atoms with Gasteiger partial charge in [-0.05, 0) is 42.2 Å². The smallest absolute Gasteiger partial charge is 0.126 e. The largest absolute Gasteiger partial charge is 0.508 e. The molecule has 3 rings (SSSR count). The molecule has 0 fully saturated rings. The lowest BCUT2D eigenvalue weighted by Gasteiger charge is -2.14. The summed E-state index contributed by atoms with van der Waals surface area (Å²) in [5.74, 6) is 1.29. The monoisotopic (exact) mass is 226 g/mol. The lowest BCUT2D eigenvalue weighted by atomic mass is 10.1. The van der Waals surface area contributed by atoms with Crippen LogP contribution in [-0.4, -0.2) is 10.1 Å². The standard InChI is InChI=1S/C14H14N2O/c17-13-5-3-4-10-11(13)7-8-12(10)16-14-6-1-2-9-15-14/h1-6,9,12,17H,7-8H2,(H,15,16). The fourth-order valence-corrected chi connectivity index (χ4v) is 2.41. The number of anilines is 1. The van der Waals surface area contributed by atoms with Gasteiger partial charge in [-0.15, -0.1) is 0 Å². The van der Waals surface area contributed by atoms with Crippen LogP contribution >= 0.6 is 0 Å². The van der Waals surface area contributed by atoms with Gasteiger partial charge in [0.25, 0.3) is 0 Å². The first-order chi connectivity index (χ1) is 8.34. The summed E-state index contributed by atoms with van der Waals surface area (Å²) in [6.07, 6.45) is 3.71. The van der Waals surface area contributed by atoms with Gasteiger partial charge in [0.2, 0.25) is 0 Å². The molecule has 0 aliphatic heterocycles. The Kier molecular flexibility index (Phi) is 2.44. The van der Waals surface area contributed by atoms with Crippen molar-refractivity contribution in [1.82, 2.24) is 4.98 Å². The maximum atomic E-state index is 9.77. The molecule has 3 heteroatoms. The molecular formula is C14H14N2O. The maximum Gasteiger partial charge on any atom is 0.126 e. The fraction of sp³-hybridized carbons (Fsp3) is 0.214. The Balaban J connectivity index is 1.87. The van der Waals surface area contributed by atoms with E-state index in [0.717, 1.165) is 24.2 Å². The Labute approximate surface area is 100 Å². The van der Waals surface area contributed by atoms with E-state index in [9.17, 15) is 5.11 Å². The predicted octanol–water partition coefficient (Wildman–Crippen LogP) is 2.89. The molecule has 2 aromatic rings. The molecule has 0 radical (unpaired) electrons. The summed E-state index contributed by atoms with van der Waals surface area (Å²) < 4.78 is 0. The van der Waals surface area contributed by atoms with E-state index >= 15 is 0 Å². The van der Waals surface area contributed by atoms with Crippen molar-refractivity contribution in [3.8, 4) is 5.75 Å². The van der Waals surface area contributed by atoms with Crippen molar-refractivity contribution in [3.63, 3.8) is 0 Å². The summed E-state index contributed by atoms with van der Waals surface area (Å²) in [5.41, 5.74) is 2.26. The molecule has 17 heavy (non-hydrogen) atoms. The average molecular weight is 226 g/mol. The molecule has 0 bridgehead atoms. The van der Waals surface area contributed by atoms with Crippen molar-refractivity contribution in [2.75, 3.05) is 5.32 Å². The van der Waals surface area contributed by atoms with Crippen molar-refractivity contribution < 1.29 is 5.11 Å². The molecule has 0 saturated carbocycles. The normalized spacial score (nSPS) is 17.8. The number of nitrogens with zero attached hydrogens (tertiary/aromatic N) is 1. The van der Waals surface area contributed by atoms with Gasteiger partial charge in [0.05, 0.1) is 6.04 Å². The highest BCUT2D eigenvalue weighted by Crippen LogP contribution is 2.37. The highest BCUT2D eigenvalue weighted by molar-refractivity contribution is 5.48. The van der Waals surface area contributed by atoms with Gasteiger partial charge >= 0.3 is 0 Å². The third kappa shape index (κ3) is 1.84. The van der Waals surface area contributed by atoms with E-state index in [-0.39, 0.29) is 6.04 Å². The number of phenols is 1. The molecule has 0 saturated heterocycles. The molecule has 86 valence electrons. The van der Waals surface area contributed by atoms with Gasteiger partial charge in [-0.2, -0.15) is 0 Å². The van der Waals surface area contributed by atoms with Crippen LogP contribution in [0.2, 0.25) is 0 Å². The summed E-state index contributed by atoms with van der Waals surface area (Å²) in [7, 11) is 0. The van der Waals surface area contributed by atoms with Gasteiger partial charge in [-0.1, -0.05) is 18.2 Å². The van der Waals surface area contributed by atoms with Crippen molar-refractivity contribution in [2.24, 2.45) is 0 Å². The van der Waals surface area contributed by atoms with Crippen LogP contribution in [0.5, 0.6) is 5.75 Å². The van der Waals surface area contributed by atoms with Crippen LogP contribution in [0.15, 0.2) is 42.6 Å². The Bertz CT molecular complexity index is 525. The zero-order chi connectivity index (χ0) is 11.7. The van der Waals surface area contributed by atoms with Crippen LogP contribution in [0.25, 0.3) is 0 Å². The third-order valence-corrected chi connectivity index (χ3v) is 3.23. The summed E-state index contributed by atoms with van der Waals surface area (Å²) >= 11 is 0. The number of aromatic hydroxyl groups is 1. The minimum atomic E-state index is 0.256. The van der Waals surface area contributed by atoms with Crippen molar-refractivity contribution >= 4 is 5.82 Å². The Morgan fingerprint density at radius 3 is 2.94 bits per heavy atom. The third-order valence-electron chi connectivity index (χ3n) is 3.23. The predicted molar refractivity (Wildman–Crippen MR) is 67.0 cm³/mol. The second kappa shape index (κ2) is 4.09. The lowest BCUT2D eigenvalue weighted by molar-refractivity contribution is 0.469. The topological polar surface area (TPSA) is 45.1 Å². The van der Waals surface area contributed by atoms with Crippen LogP contribution in [0.3, 0.4) is 0 Å². The van der Waals surface area contributed by atoms with Gasteiger partial charge in [-0.25, -0.2) is 4.98 Å². The van der Waals surface area contributed by atoms with Crippen LogP contribution in [0, 0.1) is 0 Å². The molecule has 1 heterocycles. The van der Waals surface area contributed by atoms with Crippen LogP contribution in [0.4, 0.5) is 5.82 Å². The first-order valence-electron chi connectivity index (χ1n) is 5.83. The first-order valence-corrected chi connectivity index (χ1v) is 5.83.